The van der Waals surface area contributed by atoms with Gasteiger partial charge in [0, 0.05) is 6.54 Å². The lowest BCUT2D eigenvalue weighted by atomic mass is 9.68. The molecular formula is C11H18N2O3S. The van der Waals surface area contributed by atoms with E-state index in [2.05, 4.69) is 5.32 Å². The standard InChI is InChI=1S/C11H18N2O3S/c1-2-16-8(14)4-7-13-10(15)11(9(12)17)5-3-6-11/h2-7H2,1H3,(H2,12,17)(H,13,15). The number of esters is 1. The minimum Gasteiger partial charge on any atom is -0.466 e. The Morgan fingerprint density at radius 1 is 1.47 bits per heavy atom. The average molecular weight is 258 g/mol. The molecule has 0 atom stereocenters. The summed E-state index contributed by atoms with van der Waals surface area (Å²) in [5, 5.41) is 2.69. The molecule has 1 fully saturated rings. The number of thiocarbonyl (C=S) groups is 1. The minimum absolute atomic E-state index is 0.166. The van der Waals surface area contributed by atoms with Crippen molar-refractivity contribution < 1.29 is 14.3 Å². The Morgan fingerprint density at radius 2 is 2.12 bits per heavy atom. The molecule has 0 spiro atoms. The summed E-state index contributed by atoms with van der Waals surface area (Å²) in [4.78, 5) is 23.2. The van der Waals surface area contributed by atoms with Crippen LogP contribution in [0.3, 0.4) is 0 Å². The van der Waals surface area contributed by atoms with Gasteiger partial charge in [0.15, 0.2) is 0 Å². The van der Waals surface area contributed by atoms with E-state index < -0.39 is 5.41 Å². The summed E-state index contributed by atoms with van der Waals surface area (Å²) in [5.41, 5.74) is 4.92. The monoisotopic (exact) mass is 258 g/mol. The highest BCUT2D eigenvalue weighted by Gasteiger charge is 2.46. The molecule has 0 unspecified atom stereocenters. The molecule has 1 amide bonds. The van der Waals surface area contributed by atoms with Crippen molar-refractivity contribution >= 4 is 29.1 Å². The zero-order chi connectivity index (χ0) is 12.9. The van der Waals surface area contributed by atoms with Gasteiger partial charge < -0.3 is 15.8 Å². The third-order valence-electron chi connectivity index (χ3n) is 3.03. The van der Waals surface area contributed by atoms with Crippen molar-refractivity contribution in [3.8, 4) is 0 Å². The fraction of sp³-hybridized carbons (Fsp3) is 0.727. The third-order valence-corrected chi connectivity index (χ3v) is 3.42. The number of hydrogen-bond acceptors (Lipinski definition) is 4. The Hall–Kier alpha value is -1.17. The van der Waals surface area contributed by atoms with Crippen LogP contribution in [0.15, 0.2) is 0 Å². The van der Waals surface area contributed by atoms with Gasteiger partial charge in [0.2, 0.25) is 5.91 Å². The van der Waals surface area contributed by atoms with Gasteiger partial charge in [-0.05, 0) is 19.8 Å². The highest BCUT2D eigenvalue weighted by atomic mass is 32.1. The Kier molecular flexibility index (Phi) is 4.86. The highest BCUT2D eigenvalue weighted by molar-refractivity contribution is 7.80. The van der Waals surface area contributed by atoms with Crippen LogP contribution in [0.4, 0.5) is 0 Å². The molecule has 1 saturated carbocycles. The molecule has 5 nitrogen and oxygen atoms in total. The molecule has 0 bridgehead atoms. The number of nitrogens with one attached hydrogen (secondary N) is 1. The highest BCUT2D eigenvalue weighted by Crippen LogP contribution is 2.41. The summed E-state index contributed by atoms with van der Waals surface area (Å²) in [6, 6.07) is 0. The fourth-order valence-corrected chi connectivity index (χ4v) is 2.09. The third kappa shape index (κ3) is 3.15. The summed E-state index contributed by atoms with van der Waals surface area (Å²) in [6.07, 6.45) is 2.54. The van der Waals surface area contributed by atoms with Gasteiger partial charge in [-0.25, -0.2) is 0 Å². The normalized spacial score (nSPS) is 16.8. The quantitative estimate of drug-likeness (QED) is 0.536. The molecule has 6 heteroatoms. The number of carbonyl (C=O) groups is 2. The van der Waals surface area contributed by atoms with E-state index in [1.165, 1.54) is 0 Å². The number of hydrogen-bond donors (Lipinski definition) is 2. The van der Waals surface area contributed by atoms with E-state index in [0.29, 0.717) is 19.4 Å². The molecule has 0 aromatic rings. The summed E-state index contributed by atoms with van der Waals surface area (Å²) in [5.74, 6) is -0.480. The van der Waals surface area contributed by atoms with Gasteiger partial charge in [0.25, 0.3) is 0 Å². The summed E-state index contributed by atoms with van der Waals surface area (Å²) >= 11 is 4.93. The zero-order valence-corrected chi connectivity index (χ0v) is 10.8. The molecule has 1 rings (SSSR count). The van der Waals surface area contributed by atoms with Crippen molar-refractivity contribution in [3.63, 3.8) is 0 Å². The van der Waals surface area contributed by atoms with E-state index in [9.17, 15) is 9.59 Å². The SMILES string of the molecule is CCOC(=O)CCNC(=O)C1(C(N)=S)CCC1. The number of ether oxygens (including phenoxy) is 1. The van der Waals surface area contributed by atoms with Crippen LogP contribution >= 0.6 is 12.2 Å². The van der Waals surface area contributed by atoms with E-state index in [-0.39, 0.29) is 29.8 Å². The molecule has 0 heterocycles. The maximum Gasteiger partial charge on any atom is 0.307 e. The minimum atomic E-state index is -0.677. The van der Waals surface area contributed by atoms with Crippen LogP contribution in [0, 0.1) is 5.41 Å². The van der Waals surface area contributed by atoms with Gasteiger partial charge in [-0.2, -0.15) is 0 Å². The Labute approximate surface area is 106 Å². The lowest BCUT2D eigenvalue weighted by Crippen LogP contribution is -2.53. The average Bonchev–Trinajstić information content (AvgIpc) is 2.15. The number of nitrogens with two attached hydrogens (primary N) is 1. The second kappa shape index (κ2) is 5.95. The molecule has 1 aliphatic rings. The number of amides is 1. The lowest BCUT2D eigenvalue weighted by molar-refractivity contribution is -0.143. The van der Waals surface area contributed by atoms with Crippen molar-refractivity contribution in [2.75, 3.05) is 13.2 Å². The first-order valence-electron chi connectivity index (χ1n) is 5.77. The number of carbonyl (C=O) groups excluding carboxylic acids is 2. The largest absolute Gasteiger partial charge is 0.466 e. The van der Waals surface area contributed by atoms with E-state index in [1.54, 1.807) is 6.92 Å². The predicted molar refractivity (Wildman–Crippen MR) is 67.3 cm³/mol. The maximum atomic E-state index is 11.9. The van der Waals surface area contributed by atoms with Gasteiger partial charge in [-0.15, -0.1) is 0 Å². The lowest BCUT2D eigenvalue weighted by Gasteiger charge is -2.39. The van der Waals surface area contributed by atoms with E-state index in [1.807, 2.05) is 0 Å². The summed E-state index contributed by atoms with van der Waals surface area (Å²) in [6.45, 7) is 2.36. The van der Waals surface area contributed by atoms with Crippen LogP contribution in [0.2, 0.25) is 0 Å². The molecule has 0 aromatic carbocycles. The number of rotatable bonds is 6. The van der Waals surface area contributed by atoms with Crippen LogP contribution in [0.1, 0.15) is 32.6 Å². The molecule has 1 aliphatic carbocycles. The van der Waals surface area contributed by atoms with E-state index in [4.69, 9.17) is 22.7 Å². The molecule has 0 aliphatic heterocycles. The topological polar surface area (TPSA) is 81.4 Å². The van der Waals surface area contributed by atoms with E-state index >= 15 is 0 Å². The van der Waals surface area contributed by atoms with Crippen LogP contribution in [-0.4, -0.2) is 30.0 Å². The fourth-order valence-electron chi connectivity index (χ4n) is 1.80. The van der Waals surface area contributed by atoms with Gasteiger partial charge in [-0.1, -0.05) is 18.6 Å². The summed E-state index contributed by atoms with van der Waals surface area (Å²) < 4.78 is 4.76. The Balaban J connectivity index is 2.34. The molecule has 17 heavy (non-hydrogen) atoms. The van der Waals surface area contributed by atoms with Crippen LogP contribution < -0.4 is 11.1 Å². The van der Waals surface area contributed by atoms with Gasteiger partial charge >= 0.3 is 5.97 Å². The van der Waals surface area contributed by atoms with Crippen molar-refractivity contribution in [1.29, 1.82) is 0 Å². The second-order valence-corrected chi connectivity index (χ2v) is 4.55. The molecular weight excluding hydrogens is 240 g/mol. The van der Waals surface area contributed by atoms with Gasteiger partial charge in [-0.3, -0.25) is 9.59 Å². The molecule has 3 N–H and O–H groups in total. The Bertz CT molecular complexity index is 327. The summed E-state index contributed by atoms with van der Waals surface area (Å²) in [7, 11) is 0. The van der Waals surface area contributed by atoms with Crippen LogP contribution in [-0.2, 0) is 14.3 Å². The van der Waals surface area contributed by atoms with Crippen molar-refractivity contribution in [3.05, 3.63) is 0 Å². The second-order valence-electron chi connectivity index (χ2n) is 4.11. The Morgan fingerprint density at radius 3 is 2.53 bits per heavy atom. The smallest absolute Gasteiger partial charge is 0.307 e. The molecule has 0 radical (unpaired) electrons. The van der Waals surface area contributed by atoms with Crippen molar-refractivity contribution in [1.82, 2.24) is 5.32 Å². The van der Waals surface area contributed by atoms with Crippen molar-refractivity contribution in [2.45, 2.75) is 32.6 Å². The maximum absolute atomic E-state index is 11.9. The first-order valence-corrected chi connectivity index (χ1v) is 6.17. The van der Waals surface area contributed by atoms with E-state index in [0.717, 1.165) is 6.42 Å². The molecule has 0 aromatic heterocycles. The van der Waals surface area contributed by atoms with Crippen LogP contribution in [0.5, 0.6) is 0 Å². The van der Waals surface area contributed by atoms with Crippen molar-refractivity contribution in [2.24, 2.45) is 11.1 Å². The first-order chi connectivity index (χ1) is 8.03. The molecule has 0 saturated heterocycles. The first kappa shape index (κ1) is 13.9. The predicted octanol–water partition coefficient (Wildman–Crippen LogP) is 0.512. The van der Waals surface area contributed by atoms with Gasteiger partial charge in [0.05, 0.1) is 23.4 Å². The van der Waals surface area contributed by atoms with Gasteiger partial charge in [0.1, 0.15) is 0 Å². The zero-order valence-electron chi connectivity index (χ0n) is 9.95. The molecule has 96 valence electrons. The van der Waals surface area contributed by atoms with Crippen LogP contribution in [0.25, 0.3) is 0 Å².